The Balaban J connectivity index is 1.96. The fraction of sp³-hybridized carbons (Fsp3) is 0.294. The summed E-state index contributed by atoms with van der Waals surface area (Å²) in [5.74, 6) is -0.337. The van der Waals surface area contributed by atoms with Crippen LogP contribution in [-0.2, 0) is 0 Å². The van der Waals surface area contributed by atoms with E-state index in [-0.39, 0.29) is 29.1 Å². The highest BCUT2D eigenvalue weighted by molar-refractivity contribution is 6.30. The summed E-state index contributed by atoms with van der Waals surface area (Å²) in [6.07, 6.45) is 1.98. The highest BCUT2D eigenvalue weighted by atomic mass is 35.5. The molecule has 2 aromatic rings. The van der Waals surface area contributed by atoms with Gasteiger partial charge in [0.05, 0.1) is 24.8 Å². The van der Waals surface area contributed by atoms with E-state index < -0.39 is 5.82 Å². The number of hydrogen-bond donors (Lipinski definition) is 0. The lowest BCUT2D eigenvalue weighted by molar-refractivity contribution is 0.0679. The molecule has 1 unspecified atom stereocenters. The maximum Gasteiger partial charge on any atom is 0.259 e. The van der Waals surface area contributed by atoms with Crippen molar-refractivity contribution in [1.82, 2.24) is 9.88 Å². The first-order valence-electron chi connectivity index (χ1n) is 7.41. The van der Waals surface area contributed by atoms with Crippen LogP contribution in [0, 0.1) is 5.82 Å². The molecule has 0 aliphatic carbocycles. The topological polar surface area (TPSA) is 51.7 Å². The summed E-state index contributed by atoms with van der Waals surface area (Å²) in [5.41, 5.74) is 0.906. The number of hydrogen-bond acceptors (Lipinski definition) is 4. The quantitative estimate of drug-likeness (QED) is 0.850. The fourth-order valence-corrected chi connectivity index (χ4v) is 3.00. The number of carbonyl (C=O) groups is 1. The molecule has 1 atom stereocenters. The minimum atomic E-state index is -0.431. The van der Waals surface area contributed by atoms with Gasteiger partial charge in [-0.25, -0.2) is 9.37 Å². The lowest BCUT2D eigenvalue weighted by atomic mass is 9.98. The van der Waals surface area contributed by atoms with Gasteiger partial charge in [-0.3, -0.25) is 4.79 Å². The molecule has 0 N–H and O–H groups in total. The smallest absolute Gasteiger partial charge is 0.259 e. The van der Waals surface area contributed by atoms with Crippen molar-refractivity contribution >= 4 is 17.5 Å². The van der Waals surface area contributed by atoms with Crippen molar-refractivity contribution in [1.29, 1.82) is 0 Å². The number of rotatable bonds is 3. The zero-order chi connectivity index (χ0) is 17.3. The van der Waals surface area contributed by atoms with E-state index in [0.29, 0.717) is 23.6 Å². The standard InChI is InChI=1S/C17H16ClFN2O3/c1-21(17(22)12-8-10(18)9-20-16(12)23-2)14-6-7-24-15-11(14)4-3-5-13(15)19/h3-5,8-9,14H,6-7H2,1-2H3. The van der Waals surface area contributed by atoms with Gasteiger partial charge in [-0.1, -0.05) is 23.7 Å². The summed E-state index contributed by atoms with van der Waals surface area (Å²) < 4.78 is 24.5. The normalized spacial score (nSPS) is 16.1. The van der Waals surface area contributed by atoms with Crippen LogP contribution in [0.2, 0.25) is 5.02 Å². The van der Waals surface area contributed by atoms with Gasteiger partial charge in [0.15, 0.2) is 11.6 Å². The number of benzene rings is 1. The highest BCUT2D eigenvalue weighted by Crippen LogP contribution is 2.38. The summed E-state index contributed by atoms with van der Waals surface area (Å²) in [7, 11) is 3.10. The molecule has 0 bridgehead atoms. The minimum absolute atomic E-state index is 0.197. The van der Waals surface area contributed by atoms with Crippen molar-refractivity contribution < 1.29 is 18.7 Å². The number of methoxy groups -OCH3 is 1. The predicted octanol–water partition coefficient (Wildman–Crippen LogP) is 3.48. The lowest BCUT2D eigenvalue weighted by Gasteiger charge is -2.33. The number of pyridine rings is 1. The van der Waals surface area contributed by atoms with E-state index in [2.05, 4.69) is 4.98 Å². The van der Waals surface area contributed by atoms with Crippen molar-refractivity contribution in [2.75, 3.05) is 20.8 Å². The van der Waals surface area contributed by atoms with Gasteiger partial charge in [-0.05, 0) is 12.1 Å². The fourth-order valence-electron chi connectivity index (χ4n) is 2.84. The first-order chi connectivity index (χ1) is 11.5. The average Bonchev–Trinajstić information content (AvgIpc) is 2.60. The molecule has 3 rings (SSSR count). The Morgan fingerprint density at radius 1 is 1.50 bits per heavy atom. The number of ether oxygens (including phenoxy) is 2. The second kappa shape index (κ2) is 6.65. The molecule has 0 saturated heterocycles. The molecule has 0 spiro atoms. The molecule has 0 saturated carbocycles. The number of para-hydroxylation sites is 1. The third kappa shape index (κ3) is 2.89. The van der Waals surface area contributed by atoms with Gasteiger partial charge in [-0.2, -0.15) is 0 Å². The monoisotopic (exact) mass is 350 g/mol. The predicted molar refractivity (Wildman–Crippen MR) is 87.1 cm³/mol. The van der Waals surface area contributed by atoms with E-state index in [9.17, 15) is 9.18 Å². The van der Waals surface area contributed by atoms with Crippen molar-refractivity contribution in [2.24, 2.45) is 0 Å². The molecule has 1 aromatic heterocycles. The number of carbonyl (C=O) groups excluding carboxylic acids is 1. The second-order valence-corrected chi connectivity index (χ2v) is 5.87. The van der Waals surface area contributed by atoms with E-state index in [1.807, 2.05) is 0 Å². The van der Waals surface area contributed by atoms with Gasteiger partial charge in [0.1, 0.15) is 5.56 Å². The molecule has 126 valence electrons. The molecule has 1 aliphatic heterocycles. The summed E-state index contributed by atoms with van der Waals surface area (Å²) in [5, 5.41) is 0.339. The molecule has 5 nitrogen and oxygen atoms in total. The van der Waals surface area contributed by atoms with Crippen LogP contribution in [0.3, 0.4) is 0 Å². The Hall–Kier alpha value is -2.34. The van der Waals surface area contributed by atoms with E-state index in [1.54, 1.807) is 19.2 Å². The van der Waals surface area contributed by atoms with E-state index in [4.69, 9.17) is 21.1 Å². The second-order valence-electron chi connectivity index (χ2n) is 5.44. The number of aromatic nitrogens is 1. The molecular weight excluding hydrogens is 335 g/mol. The largest absolute Gasteiger partial charge is 0.490 e. The number of halogens is 2. The maximum absolute atomic E-state index is 13.9. The van der Waals surface area contributed by atoms with Crippen LogP contribution in [-0.4, -0.2) is 36.6 Å². The van der Waals surface area contributed by atoms with E-state index in [0.717, 1.165) is 0 Å². The molecule has 2 heterocycles. The van der Waals surface area contributed by atoms with Crippen molar-refractivity contribution in [3.63, 3.8) is 0 Å². The van der Waals surface area contributed by atoms with Crippen LogP contribution in [0.5, 0.6) is 11.6 Å². The molecule has 0 fully saturated rings. The Bertz CT molecular complexity index is 784. The molecule has 1 aromatic carbocycles. The van der Waals surface area contributed by atoms with Crippen molar-refractivity contribution in [2.45, 2.75) is 12.5 Å². The average molecular weight is 351 g/mol. The number of nitrogens with zero attached hydrogens (tertiary/aromatic N) is 2. The highest BCUT2D eigenvalue weighted by Gasteiger charge is 2.31. The van der Waals surface area contributed by atoms with Gasteiger partial charge < -0.3 is 14.4 Å². The Labute approximate surface area is 144 Å². The van der Waals surface area contributed by atoms with Gasteiger partial charge >= 0.3 is 0 Å². The SMILES string of the molecule is COc1ncc(Cl)cc1C(=O)N(C)C1CCOc2c(F)cccc21. The third-order valence-corrected chi connectivity index (χ3v) is 4.23. The first kappa shape index (κ1) is 16.5. The number of amides is 1. The minimum Gasteiger partial charge on any atom is -0.490 e. The molecule has 7 heteroatoms. The zero-order valence-electron chi connectivity index (χ0n) is 13.3. The Morgan fingerprint density at radius 3 is 3.04 bits per heavy atom. The summed E-state index contributed by atoms with van der Waals surface area (Å²) in [6, 6.07) is 5.92. The van der Waals surface area contributed by atoms with Crippen LogP contribution < -0.4 is 9.47 Å². The van der Waals surface area contributed by atoms with Crippen LogP contribution in [0.25, 0.3) is 0 Å². The van der Waals surface area contributed by atoms with Crippen molar-refractivity contribution in [3.05, 3.63) is 52.4 Å². The third-order valence-electron chi connectivity index (χ3n) is 4.02. The molecule has 1 amide bonds. The molecule has 0 radical (unpaired) electrons. The lowest BCUT2D eigenvalue weighted by Crippen LogP contribution is -2.34. The van der Waals surface area contributed by atoms with Gasteiger partial charge in [0.2, 0.25) is 5.88 Å². The Morgan fingerprint density at radius 2 is 2.29 bits per heavy atom. The van der Waals surface area contributed by atoms with Crippen LogP contribution in [0.1, 0.15) is 28.4 Å². The van der Waals surface area contributed by atoms with E-state index in [1.165, 1.54) is 30.3 Å². The summed E-state index contributed by atoms with van der Waals surface area (Å²) >= 11 is 5.95. The van der Waals surface area contributed by atoms with Gasteiger partial charge in [-0.15, -0.1) is 0 Å². The van der Waals surface area contributed by atoms with Crippen LogP contribution >= 0.6 is 11.6 Å². The maximum atomic E-state index is 13.9. The first-order valence-corrected chi connectivity index (χ1v) is 7.78. The summed E-state index contributed by atoms with van der Waals surface area (Å²) in [4.78, 5) is 18.4. The zero-order valence-corrected chi connectivity index (χ0v) is 14.0. The van der Waals surface area contributed by atoms with Crippen molar-refractivity contribution in [3.8, 4) is 11.6 Å². The molecule has 1 aliphatic rings. The summed E-state index contributed by atoms with van der Waals surface area (Å²) in [6.45, 7) is 0.334. The van der Waals surface area contributed by atoms with Crippen LogP contribution in [0.4, 0.5) is 4.39 Å². The van der Waals surface area contributed by atoms with Gasteiger partial charge in [0.25, 0.3) is 5.91 Å². The van der Waals surface area contributed by atoms with Crippen LogP contribution in [0.15, 0.2) is 30.5 Å². The number of fused-ring (bicyclic) bond motifs is 1. The van der Waals surface area contributed by atoms with Gasteiger partial charge in [0, 0.05) is 25.2 Å². The van der Waals surface area contributed by atoms with E-state index >= 15 is 0 Å². The molecular formula is C17H16ClFN2O3. The molecule has 24 heavy (non-hydrogen) atoms. The Kier molecular flexibility index (Phi) is 4.57.